The van der Waals surface area contributed by atoms with Gasteiger partial charge in [0, 0.05) is 23.3 Å². The van der Waals surface area contributed by atoms with Crippen LogP contribution in [0.1, 0.15) is 5.56 Å². The molecule has 2 aromatic heterocycles. The molecule has 3 aromatic rings. The van der Waals surface area contributed by atoms with Gasteiger partial charge < -0.3 is 9.15 Å². The van der Waals surface area contributed by atoms with Crippen molar-refractivity contribution in [1.82, 2.24) is 4.98 Å². The summed E-state index contributed by atoms with van der Waals surface area (Å²) in [5.41, 5.74) is 2.69. The molecule has 1 aromatic carbocycles. The minimum atomic E-state index is -0.891. The third kappa shape index (κ3) is 3.52. The van der Waals surface area contributed by atoms with Crippen LogP contribution in [0.3, 0.4) is 0 Å². The maximum Gasteiger partial charge on any atom is 0.136 e. The van der Waals surface area contributed by atoms with Crippen molar-refractivity contribution in [3.63, 3.8) is 0 Å². The van der Waals surface area contributed by atoms with Crippen LogP contribution in [0.5, 0.6) is 5.75 Å². The van der Waals surface area contributed by atoms with E-state index in [0.717, 1.165) is 33.6 Å². The fourth-order valence-corrected chi connectivity index (χ4v) is 2.61. The molecule has 23 heavy (non-hydrogen) atoms. The Morgan fingerprint density at radius 1 is 1.13 bits per heavy atom. The average molecular weight is 325 g/mol. The largest absolute Gasteiger partial charge is 0.497 e. The van der Waals surface area contributed by atoms with Crippen LogP contribution in [-0.4, -0.2) is 30.9 Å². The number of furan rings is 1. The van der Waals surface area contributed by atoms with Crippen LogP contribution < -0.4 is 4.74 Å². The van der Waals surface area contributed by atoms with E-state index < -0.39 is 10.0 Å². The van der Waals surface area contributed by atoms with Crippen LogP contribution in [-0.2, 0) is 0 Å². The molecule has 118 valence electrons. The van der Waals surface area contributed by atoms with Gasteiger partial charge in [-0.25, -0.2) is 0 Å². The predicted octanol–water partition coefficient (Wildman–Crippen LogP) is 4.51. The Bertz CT molecular complexity index is 910. The Balaban J connectivity index is 2.09. The quantitative estimate of drug-likeness (QED) is 0.650. The number of methoxy groups -OCH3 is 1. The minimum absolute atomic E-state index is 0.795. The summed E-state index contributed by atoms with van der Waals surface area (Å²) in [7, 11) is 0.769. The van der Waals surface area contributed by atoms with Gasteiger partial charge in [-0.3, -0.25) is 4.98 Å². The lowest BCUT2D eigenvalue weighted by Gasteiger charge is -2.15. The van der Waals surface area contributed by atoms with Crippen LogP contribution >= 0.6 is 10.0 Å². The topological polar surface area (TPSA) is 35.3 Å². The second kappa shape index (κ2) is 6.02. The van der Waals surface area contributed by atoms with E-state index in [4.69, 9.17) is 9.15 Å². The van der Waals surface area contributed by atoms with E-state index in [9.17, 15) is 0 Å². The van der Waals surface area contributed by atoms with Crippen molar-refractivity contribution < 1.29 is 9.15 Å². The van der Waals surface area contributed by atoms with Crippen molar-refractivity contribution in [2.75, 3.05) is 25.9 Å². The zero-order valence-electron chi connectivity index (χ0n) is 13.7. The van der Waals surface area contributed by atoms with Crippen LogP contribution in [0.4, 0.5) is 0 Å². The maximum absolute atomic E-state index is 5.98. The number of nitrogens with zero attached hydrogens (tertiary/aromatic N) is 1. The molecule has 2 heterocycles. The molecule has 0 aliphatic rings. The normalized spacial score (nSPS) is 11.8. The first-order valence-electron chi connectivity index (χ1n) is 7.19. The molecule has 0 amide bonds. The van der Waals surface area contributed by atoms with Crippen molar-refractivity contribution in [2.24, 2.45) is 0 Å². The Kier molecular flexibility index (Phi) is 4.06. The molecule has 0 spiro atoms. The molecule has 0 N–H and O–H groups in total. The number of aromatic nitrogens is 1. The Labute approximate surface area is 138 Å². The number of hydrogen-bond donors (Lipinski definition) is 0. The number of benzene rings is 1. The van der Waals surface area contributed by atoms with Gasteiger partial charge >= 0.3 is 0 Å². The standard InChI is InChI=1S/C19H19NO2S/c1-21-16-5-6-18-15(11-16)12-19(22-18)17-7-9-20-13-14(17)8-10-23(2,3)4/h5-7,9,11-13H,1-4H3. The van der Waals surface area contributed by atoms with Crippen molar-refractivity contribution in [3.05, 3.63) is 48.3 Å². The fraction of sp³-hybridized carbons (Fsp3) is 0.211. The molecule has 0 saturated carbocycles. The smallest absolute Gasteiger partial charge is 0.136 e. The molecule has 0 aliphatic carbocycles. The van der Waals surface area contributed by atoms with Gasteiger partial charge in [-0.15, -0.1) is 0 Å². The summed E-state index contributed by atoms with van der Waals surface area (Å²) in [6, 6.07) is 9.74. The Hall–Kier alpha value is -2.38. The first-order chi connectivity index (χ1) is 11.0. The van der Waals surface area contributed by atoms with Crippen molar-refractivity contribution in [1.29, 1.82) is 0 Å². The first kappa shape index (κ1) is 15.5. The molecule has 0 atom stereocenters. The SMILES string of the molecule is COc1ccc2oc(-c3ccncc3C#CS(C)(C)C)cc2c1. The summed E-state index contributed by atoms with van der Waals surface area (Å²) in [4.78, 5) is 4.20. The second-order valence-corrected chi connectivity index (χ2v) is 9.88. The van der Waals surface area contributed by atoms with Gasteiger partial charge in [-0.2, -0.15) is 10.0 Å². The zero-order valence-corrected chi connectivity index (χ0v) is 14.5. The summed E-state index contributed by atoms with van der Waals surface area (Å²) in [5, 5.41) is 4.34. The van der Waals surface area contributed by atoms with E-state index in [1.54, 1.807) is 19.5 Å². The number of rotatable bonds is 2. The predicted molar refractivity (Wildman–Crippen MR) is 98.2 cm³/mol. The second-order valence-electron chi connectivity index (χ2n) is 6.00. The van der Waals surface area contributed by atoms with E-state index in [-0.39, 0.29) is 0 Å². The van der Waals surface area contributed by atoms with E-state index >= 15 is 0 Å². The lowest BCUT2D eigenvalue weighted by molar-refractivity contribution is 0.415. The zero-order chi connectivity index (χ0) is 16.4. The van der Waals surface area contributed by atoms with E-state index in [2.05, 4.69) is 34.9 Å². The number of pyridine rings is 1. The van der Waals surface area contributed by atoms with Crippen LogP contribution in [0, 0.1) is 11.2 Å². The number of ether oxygens (including phenoxy) is 1. The van der Waals surface area contributed by atoms with Crippen LogP contribution in [0.2, 0.25) is 0 Å². The van der Waals surface area contributed by atoms with Gasteiger partial charge in [0.05, 0.1) is 12.7 Å². The third-order valence-corrected chi connectivity index (χ3v) is 4.02. The fourth-order valence-electron chi connectivity index (χ4n) is 2.20. The first-order valence-corrected chi connectivity index (χ1v) is 10.0. The summed E-state index contributed by atoms with van der Waals surface area (Å²) < 4.78 is 11.2. The number of hydrogen-bond acceptors (Lipinski definition) is 3. The number of fused-ring (bicyclic) bond motifs is 1. The molecule has 3 nitrogen and oxygen atoms in total. The highest BCUT2D eigenvalue weighted by Crippen LogP contribution is 2.34. The Morgan fingerprint density at radius 3 is 2.70 bits per heavy atom. The summed E-state index contributed by atoms with van der Waals surface area (Å²) in [6.45, 7) is 0. The lowest BCUT2D eigenvalue weighted by Crippen LogP contribution is -1.88. The molecule has 0 unspecified atom stereocenters. The van der Waals surface area contributed by atoms with Gasteiger partial charge in [0.15, 0.2) is 0 Å². The monoisotopic (exact) mass is 325 g/mol. The van der Waals surface area contributed by atoms with Gasteiger partial charge in [0.25, 0.3) is 0 Å². The third-order valence-electron chi connectivity index (χ3n) is 3.30. The summed E-state index contributed by atoms with van der Waals surface area (Å²) in [5.74, 6) is 4.87. The highest BCUT2D eigenvalue weighted by molar-refractivity contribution is 8.35. The molecule has 0 bridgehead atoms. The van der Waals surface area contributed by atoms with Gasteiger partial charge in [-0.05, 0) is 54.4 Å². The van der Waals surface area contributed by atoms with Crippen LogP contribution in [0.25, 0.3) is 22.3 Å². The molecule has 0 radical (unpaired) electrons. The van der Waals surface area contributed by atoms with Crippen molar-refractivity contribution >= 4 is 21.0 Å². The van der Waals surface area contributed by atoms with E-state index in [0.29, 0.717) is 0 Å². The van der Waals surface area contributed by atoms with Gasteiger partial charge in [-0.1, -0.05) is 5.92 Å². The summed E-state index contributed by atoms with van der Waals surface area (Å²) >= 11 is 0. The van der Waals surface area contributed by atoms with Crippen molar-refractivity contribution in [2.45, 2.75) is 0 Å². The molecule has 4 heteroatoms. The molecule has 0 aliphatic heterocycles. The van der Waals surface area contributed by atoms with Gasteiger partial charge in [0.1, 0.15) is 17.1 Å². The molecular formula is C19H19NO2S. The highest BCUT2D eigenvalue weighted by Gasteiger charge is 2.11. The minimum Gasteiger partial charge on any atom is -0.497 e. The van der Waals surface area contributed by atoms with Crippen molar-refractivity contribution in [3.8, 4) is 28.2 Å². The molecule has 0 fully saturated rings. The van der Waals surface area contributed by atoms with E-state index in [1.807, 2.05) is 30.3 Å². The summed E-state index contributed by atoms with van der Waals surface area (Å²) in [6.07, 6.45) is 10.1. The van der Waals surface area contributed by atoms with Gasteiger partial charge in [0.2, 0.25) is 0 Å². The molecule has 0 saturated heterocycles. The van der Waals surface area contributed by atoms with E-state index in [1.165, 1.54) is 0 Å². The van der Waals surface area contributed by atoms with Crippen LogP contribution in [0.15, 0.2) is 47.1 Å². The molecule has 3 rings (SSSR count). The average Bonchev–Trinajstić information content (AvgIpc) is 2.95. The Morgan fingerprint density at radius 2 is 1.96 bits per heavy atom. The molecular weight excluding hydrogens is 306 g/mol. The highest BCUT2D eigenvalue weighted by atomic mass is 32.3. The lowest BCUT2D eigenvalue weighted by atomic mass is 10.1. The maximum atomic E-state index is 5.98.